The second-order valence-corrected chi connectivity index (χ2v) is 5.51. The number of nitrogens with zero attached hydrogens (tertiary/aromatic N) is 1. The molecular weight excluding hydrogens is 259 g/mol. The molecule has 1 amide bonds. The van der Waals surface area contributed by atoms with Gasteiger partial charge in [0, 0.05) is 0 Å². The number of halogens is 1. The van der Waals surface area contributed by atoms with Gasteiger partial charge in [-0.25, -0.2) is 4.39 Å². The average molecular weight is 277 g/mol. The van der Waals surface area contributed by atoms with E-state index in [1.807, 2.05) is 0 Å². The number of hydrogen-bond donors (Lipinski definition) is 1. The summed E-state index contributed by atoms with van der Waals surface area (Å²) in [5.41, 5.74) is 0.751. The van der Waals surface area contributed by atoms with Crippen LogP contribution in [0.1, 0.15) is 29.6 Å². The van der Waals surface area contributed by atoms with Gasteiger partial charge in [0.05, 0.1) is 37.4 Å². The van der Waals surface area contributed by atoms with Crippen LogP contribution in [-0.2, 0) is 4.79 Å². The number of piperidine rings is 1. The Morgan fingerprint density at radius 1 is 1.15 bits per heavy atom. The highest BCUT2D eigenvalue weighted by molar-refractivity contribution is 6.52. The number of quaternary nitrogens is 1. The van der Waals surface area contributed by atoms with Crippen LogP contribution in [0.2, 0.25) is 0 Å². The number of nitrogens with one attached hydrogen (secondary N) is 1. The van der Waals surface area contributed by atoms with E-state index >= 15 is 0 Å². The summed E-state index contributed by atoms with van der Waals surface area (Å²) in [5.74, 6) is -1.59. The maximum Gasteiger partial charge on any atom is 0.299 e. The lowest BCUT2D eigenvalue weighted by Gasteiger charge is -2.25. The van der Waals surface area contributed by atoms with Gasteiger partial charge in [-0.3, -0.25) is 14.5 Å². The first-order valence-corrected chi connectivity index (χ1v) is 7.16. The lowest BCUT2D eigenvalue weighted by atomic mass is 10.1. The third-order valence-electron chi connectivity index (χ3n) is 4.18. The van der Waals surface area contributed by atoms with Gasteiger partial charge in [-0.2, -0.15) is 0 Å². The number of anilines is 1. The fourth-order valence-corrected chi connectivity index (χ4v) is 3.07. The van der Waals surface area contributed by atoms with Gasteiger partial charge in [0.2, 0.25) is 0 Å². The molecule has 2 aliphatic heterocycles. The minimum atomic E-state index is -0.590. The maximum atomic E-state index is 13.2. The summed E-state index contributed by atoms with van der Waals surface area (Å²) in [6, 6.07) is 3.98. The van der Waals surface area contributed by atoms with E-state index in [0.29, 0.717) is 12.2 Å². The molecule has 0 unspecified atom stereocenters. The van der Waals surface area contributed by atoms with Crippen molar-refractivity contribution in [1.29, 1.82) is 0 Å². The first-order chi connectivity index (χ1) is 9.66. The van der Waals surface area contributed by atoms with Crippen molar-refractivity contribution < 1.29 is 18.9 Å². The van der Waals surface area contributed by atoms with Gasteiger partial charge >= 0.3 is 0 Å². The van der Waals surface area contributed by atoms with E-state index < -0.39 is 17.5 Å². The molecule has 1 aromatic rings. The Labute approximate surface area is 117 Å². The highest BCUT2D eigenvalue weighted by atomic mass is 19.1. The second-order valence-electron chi connectivity index (χ2n) is 5.51. The Morgan fingerprint density at radius 2 is 1.90 bits per heavy atom. The Hall–Kier alpha value is -1.75. The topological polar surface area (TPSA) is 41.8 Å². The van der Waals surface area contributed by atoms with Gasteiger partial charge in [-0.15, -0.1) is 0 Å². The Balaban J connectivity index is 1.74. The lowest BCUT2D eigenvalue weighted by Crippen LogP contribution is -3.13. The number of likely N-dealkylation sites (tertiary alicyclic amines) is 1. The van der Waals surface area contributed by atoms with Gasteiger partial charge in [0.25, 0.3) is 11.7 Å². The first kappa shape index (κ1) is 13.2. The zero-order valence-corrected chi connectivity index (χ0v) is 11.3. The third-order valence-corrected chi connectivity index (χ3v) is 4.18. The number of amides is 1. The zero-order chi connectivity index (χ0) is 14.1. The highest BCUT2D eigenvalue weighted by Gasteiger charge is 2.36. The average Bonchev–Trinajstić information content (AvgIpc) is 2.70. The molecular formula is C15H18FN2O2+. The smallest absolute Gasteiger partial charge is 0.299 e. The molecule has 2 aliphatic rings. The third kappa shape index (κ3) is 2.33. The van der Waals surface area contributed by atoms with Crippen molar-refractivity contribution in [3.63, 3.8) is 0 Å². The summed E-state index contributed by atoms with van der Waals surface area (Å²) < 4.78 is 13.2. The lowest BCUT2D eigenvalue weighted by molar-refractivity contribution is -0.903. The summed E-state index contributed by atoms with van der Waals surface area (Å²) in [6.07, 6.45) is 3.74. The molecule has 0 aromatic heterocycles. The Bertz CT molecular complexity index is 553. The highest BCUT2D eigenvalue weighted by Crippen LogP contribution is 2.28. The first-order valence-electron chi connectivity index (χ1n) is 7.16. The van der Waals surface area contributed by atoms with E-state index in [2.05, 4.69) is 0 Å². The van der Waals surface area contributed by atoms with E-state index in [0.717, 1.165) is 25.7 Å². The van der Waals surface area contributed by atoms with Gasteiger partial charge in [0.15, 0.2) is 0 Å². The predicted molar refractivity (Wildman–Crippen MR) is 72.5 cm³/mol. The van der Waals surface area contributed by atoms with Crippen molar-refractivity contribution >= 4 is 17.4 Å². The van der Waals surface area contributed by atoms with Crippen LogP contribution in [0.25, 0.3) is 0 Å². The summed E-state index contributed by atoms with van der Waals surface area (Å²) >= 11 is 0. The minimum Gasteiger partial charge on any atom is -0.333 e. The molecule has 5 heteroatoms. The number of hydrogen-bond acceptors (Lipinski definition) is 2. The normalized spacial score (nSPS) is 19.6. The number of benzene rings is 1. The quantitative estimate of drug-likeness (QED) is 0.814. The van der Waals surface area contributed by atoms with Crippen LogP contribution in [0.3, 0.4) is 0 Å². The van der Waals surface area contributed by atoms with Crippen molar-refractivity contribution in [2.75, 3.05) is 31.1 Å². The summed E-state index contributed by atoms with van der Waals surface area (Å²) in [6.45, 7) is 3.63. The molecule has 2 heterocycles. The molecule has 0 spiro atoms. The van der Waals surface area contributed by atoms with Gasteiger partial charge in [-0.05, 0) is 37.5 Å². The SMILES string of the molecule is O=C1C(=O)N(CC[NH+]2CCCCC2)c2ccc(F)cc21. The summed E-state index contributed by atoms with van der Waals surface area (Å²) in [7, 11) is 0. The number of Topliss-reactive ketones (excluding diaryl/α,β-unsaturated/α-hetero) is 1. The molecule has 20 heavy (non-hydrogen) atoms. The van der Waals surface area contributed by atoms with E-state index in [1.54, 1.807) is 0 Å². The molecule has 106 valence electrons. The van der Waals surface area contributed by atoms with Crippen molar-refractivity contribution in [3.05, 3.63) is 29.6 Å². The molecule has 1 aromatic carbocycles. The molecule has 0 aliphatic carbocycles. The summed E-state index contributed by atoms with van der Waals surface area (Å²) in [5, 5.41) is 0. The molecule has 1 N–H and O–H groups in total. The molecule has 1 saturated heterocycles. The van der Waals surface area contributed by atoms with E-state index in [9.17, 15) is 14.0 Å². The van der Waals surface area contributed by atoms with Crippen LogP contribution < -0.4 is 9.80 Å². The van der Waals surface area contributed by atoms with Crippen molar-refractivity contribution in [1.82, 2.24) is 0 Å². The largest absolute Gasteiger partial charge is 0.333 e. The van der Waals surface area contributed by atoms with Crippen LogP contribution >= 0.6 is 0 Å². The molecule has 0 atom stereocenters. The number of ketones is 1. The van der Waals surface area contributed by atoms with Gasteiger partial charge in [-0.1, -0.05) is 0 Å². The van der Waals surface area contributed by atoms with Crippen molar-refractivity contribution in [2.24, 2.45) is 0 Å². The van der Waals surface area contributed by atoms with Crippen LogP contribution in [0, 0.1) is 5.82 Å². The van der Waals surface area contributed by atoms with Crippen LogP contribution in [0.15, 0.2) is 18.2 Å². The van der Waals surface area contributed by atoms with Crippen molar-refractivity contribution in [3.8, 4) is 0 Å². The second kappa shape index (κ2) is 5.32. The van der Waals surface area contributed by atoms with Crippen molar-refractivity contribution in [2.45, 2.75) is 19.3 Å². The molecule has 4 nitrogen and oxygen atoms in total. The number of carbonyl (C=O) groups excluding carboxylic acids is 2. The predicted octanol–water partition coefficient (Wildman–Crippen LogP) is 0.424. The van der Waals surface area contributed by atoms with Gasteiger partial charge < -0.3 is 4.90 Å². The fraction of sp³-hybridized carbons (Fsp3) is 0.467. The molecule has 0 saturated carbocycles. The zero-order valence-electron chi connectivity index (χ0n) is 11.3. The molecule has 0 bridgehead atoms. The molecule has 3 rings (SSSR count). The van der Waals surface area contributed by atoms with E-state index in [1.165, 1.54) is 41.2 Å². The Kier molecular flexibility index (Phi) is 3.53. The van der Waals surface area contributed by atoms with E-state index in [-0.39, 0.29) is 5.56 Å². The van der Waals surface area contributed by atoms with Crippen LogP contribution in [0.4, 0.5) is 10.1 Å². The molecule has 0 radical (unpaired) electrons. The standard InChI is InChI=1S/C15H17FN2O2/c16-11-4-5-13-12(10-11)14(19)15(20)18(13)9-8-17-6-2-1-3-7-17/h4-5,10H,1-3,6-9H2/p+1. The van der Waals surface area contributed by atoms with Gasteiger partial charge in [0.1, 0.15) is 5.82 Å². The van der Waals surface area contributed by atoms with Crippen LogP contribution in [-0.4, -0.2) is 37.9 Å². The monoisotopic (exact) mass is 277 g/mol. The number of fused-ring (bicyclic) bond motifs is 1. The number of rotatable bonds is 3. The molecule has 1 fully saturated rings. The minimum absolute atomic E-state index is 0.198. The summed E-state index contributed by atoms with van der Waals surface area (Å²) in [4.78, 5) is 26.8. The number of carbonyl (C=O) groups is 2. The Morgan fingerprint density at radius 3 is 2.65 bits per heavy atom. The van der Waals surface area contributed by atoms with Crippen LogP contribution in [0.5, 0.6) is 0 Å². The maximum absolute atomic E-state index is 13.2. The van der Waals surface area contributed by atoms with E-state index in [4.69, 9.17) is 0 Å². The fourth-order valence-electron chi connectivity index (χ4n) is 3.07.